The van der Waals surface area contributed by atoms with Gasteiger partial charge in [0, 0.05) is 23.2 Å². The predicted molar refractivity (Wildman–Crippen MR) is 80.0 cm³/mol. The number of rotatable bonds is 4. The lowest BCUT2D eigenvalue weighted by molar-refractivity contribution is 0.601. The second-order valence-corrected chi connectivity index (χ2v) is 6.39. The van der Waals surface area contributed by atoms with E-state index in [0.717, 1.165) is 6.07 Å². The van der Waals surface area contributed by atoms with Crippen LogP contribution >= 0.6 is 23.2 Å². The van der Waals surface area contributed by atoms with Crippen molar-refractivity contribution in [3.05, 3.63) is 50.2 Å². The first-order valence-corrected chi connectivity index (χ1v) is 7.84. The summed E-state index contributed by atoms with van der Waals surface area (Å²) in [5.74, 6) is -0.0464. The molecule has 1 aromatic heterocycles. The van der Waals surface area contributed by atoms with Crippen LogP contribution in [0.5, 0.6) is 0 Å². The number of benzene rings is 1. The molecule has 0 aliphatic rings. The van der Waals surface area contributed by atoms with Gasteiger partial charge in [0.2, 0.25) is 0 Å². The summed E-state index contributed by atoms with van der Waals surface area (Å²) in [5.41, 5.74) is 5.37. The molecule has 0 aliphatic carbocycles. The number of aromatic amines is 1. The fourth-order valence-electron chi connectivity index (χ4n) is 1.56. The average molecular weight is 349 g/mol. The molecule has 0 amide bonds. The molecule has 2 aromatic rings. The summed E-state index contributed by atoms with van der Waals surface area (Å²) in [6.07, 6.45) is 0. The third-order valence-corrected chi connectivity index (χ3v) is 4.86. The molecule has 4 N–H and O–H groups in total. The first kappa shape index (κ1) is 15.8. The lowest BCUT2D eigenvalue weighted by atomic mass is 10.2. The monoisotopic (exact) mass is 348 g/mol. The van der Waals surface area contributed by atoms with Crippen molar-refractivity contribution >= 4 is 39.0 Å². The molecule has 0 radical (unpaired) electrons. The fraction of sp³-hybridized carbons (Fsp3) is 0.0909. The second-order valence-electron chi connectivity index (χ2n) is 3.95. The molecule has 1 aromatic carbocycles. The van der Waals surface area contributed by atoms with Crippen LogP contribution in [0.25, 0.3) is 0 Å². The molecule has 112 valence electrons. The van der Waals surface area contributed by atoms with Crippen molar-refractivity contribution in [1.29, 1.82) is 0 Å². The first-order valence-electron chi connectivity index (χ1n) is 5.60. The minimum absolute atomic E-state index is 0.00205. The summed E-state index contributed by atoms with van der Waals surface area (Å²) in [6, 6.07) is 5.02. The third-order valence-electron chi connectivity index (χ3n) is 2.56. The Bertz CT molecular complexity index is 815. The van der Waals surface area contributed by atoms with Gasteiger partial charge in [-0.3, -0.25) is 9.52 Å². The zero-order valence-corrected chi connectivity index (χ0v) is 12.8. The molecule has 2 rings (SSSR count). The van der Waals surface area contributed by atoms with Crippen LogP contribution in [-0.2, 0) is 16.6 Å². The van der Waals surface area contributed by atoms with Gasteiger partial charge in [-0.2, -0.15) is 5.10 Å². The van der Waals surface area contributed by atoms with Gasteiger partial charge in [-0.1, -0.05) is 23.2 Å². The molecular weight excluding hydrogens is 339 g/mol. The maximum Gasteiger partial charge on any atom is 0.264 e. The van der Waals surface area contributed by atoms with E-state index in [9.17, 15) is 13.2 Å². The Morgan fingerprint density at radius 1 is 1.24 bits per heavy atom. The summed E-state index contributed by atoms with van der Waals surface area (Å²) < 4.78 is 26.7. The third kappa shape index (κ3) is 3.35. The Hall–Kier alpha value is -1.61. The number of H-pyrrole nitrogens is 1. The van der Waals surface area contributed by atoms with Crippen molar-refractivity contribution in [3.63, 3.8) is 0 Å². The summed E-state index contributed by atoms with van der Waals surface area (Å²) >= 11 is 11.9. The SMILES string of the molecule is NCc1c(Cl)ccc(S(=O)(=O)Nc2ccc(=O)[nH]n2)c1Cl. The molecule has 0 saturated carbocycles. The number of hydrogen-bond acceptors (Lipinski definition) is 5. The number of halogens is 2. The highest BCUT2D eigenvalue weighted by molar-refractivity contribution is 7.92. The largest absolute Gasteiger partial charge is 0.326 e. The van der Waals surface area contributed by atoms with E-state index >= 15 is 0 Å². The first-order chi connectivity index (χ1) is 9.85. The van der Waals surface area contributed by atoms with Crippen LogP contribution in [0.4, 0.5) is 5.82 Å². The zero-order valence-electron chi connectivity index (χ0n) is 10.4. The standard InChI is InChI=1S/C11H10Cl2N4O3S/c12-7-1-2-8(11(13)6(7)5-14)21(19,20)17-9-3-4-10(18)16-15-9/h1-4H,5,14H2,(H,15,17)(H,16,18). The number of aromatic nitrogens is 2. The summed E-state index contributed by atoms with van der Waals surface area (Å²) in [4.78, 5) is 10.7. The van der Waals surface area contributed by atoms with Crippen LogP contribution in [-0.4, -0.2) is 18.6 Å². The Labute approximate surface area is 130 Å². The van der Waals surface area contributed by atoms with E-state index in [1.54, 1.807) is 0 Å². The molecule has 0 atom stereocenters. The van der Waals surface area contributed by atoms with Crippen molar-refractivity contribution in [2.75, 3.05) is 4.72 Å². The van der Waals surface area contributed by atoms with Gasteiger partial charge in [0.15, 0.2) is 5.82 Å². The van der Waals surface area contributed by atoms with Crippen molar-refractivity contribution in [3.8, 4) is 0 Å². The predicted octanol–water partition coefficient (Wildman–Crippen LogP) is 1.34. The topological polar surface area (TPSA) is 118 Å². The second kappa shape index (κ2) is 6.02. The Morgan fingerprint density at radius 3 is 2.52 bits per heavy atom. The molecule has 0 unspecified atom stereocenters. The van der Waals surface area contributed by atoms with E-state index in [1.807, 2.05) is 0 Å². The van der Waals surface area contributed by atoms with E-state index in [-0.39, 0.29) is 27.3 Å². The molecule has 10 heteroatoms. The van der Waals surface area contributed by atoms with Gasteiger partial charge < -0.3 is 5.73 Å². The minimum Gasteiger partial charge on any atom is -0.326 e. The fourth-order valence-corrected chi connectivity index (χ4v) is 3.50. The van der Waals surface area contributed by atoms with Crippen molar-refractivity contribution in [2.45, 2.75) is 11.4 Å². The van der Waals surface area contributed by atoms with Crippen molar-refractivity contribution in [2.24, 2.45) is 5.73 Å². The highest BCUT2D eigenvalue weighted by atomic mass is 35.5. The number of hydrogen-bond donors (Lipinski definition) is 3. The lowest BCUT2D eigenvalue weighted by Crippen LogP contribution is -2.17. The number of nitrogens with zero attached hydrogens (tertiary/aromatic N) is 1. The summed E-state index contributed by atoms with van der Waals surface area (Å²) in [5, 5.41) is 5.90. The maximum absolute atomic E-state index is 12.3. The van der Waals surface area contributed by atoms with Gasteiger partial charge in [-0.15, -0.1) is 0 Å². The molecule has 0 fully saturated rings. The smallest absolute Gasteiger partial charge is 0.264 e. The van der Waals surface area contributed by atoms with E-state index in [0.29, 0.717) is 5.56 Å². The Kier molecular flexibility index (Phi) is 4.52. The summed E-state index contributed by atoms with van der Waals surface area (Å²) in [7, 11) is -3.99. The van der Waals surface area contributed by atoms with Gasteiger partial charge in [0.25, 0.3) is 15.6 Å². The molecule has 7 nitrogen and oxygen atoms in total. The number of nitrogens with two attached hydrogens (primary N) is 1. The van der Waals surface area contributed by atoms with Gasteiger partial charge in [-0.05, 0) is 18.2 Å². The quantitative estimate of drug-likeness (QED) is 0.770. The van der Waals surface area contributed by atoms with E-state index in [1.165, 1.54) is 18.2 Å². The molecular formula is C11H10Cl2N4O3S. The number of anilines is 1. The van der Waals surface area contributed by atoms with Crippen molar-refractivity contribution < 1.29 is 8.42 Å². The van der Waals surface area contributed by atoms with Crippen LogP contribution in [0.2, 0.25) is 10.0 Å². The van der Waals surface area contributed by atoms with Crippen LogP contribution in [0.3, 0.4) is 0 Å². The van der Waals surface area contributed by atoms with Crippen LogP contribution in [0.1, 0.15) is 5.56 Å². The van der Waals surface area contributed by atoms with Gasteiger partial charge in [0.05, 0.1) is 5.02 Å². The molecule has 0 bridgehead atoms. The van der Waals surface area contributed by atoms with E-state index in [4.69, 9.17) is 28.9 Å². The molecule has 21 heavy (non-hydrogen) atoms. The molecule has 1 heterocycles. The summed E-state index contributed by atoms with van der Waals surface area (Å²) in [6.45, 7) is -0.00205. The van der Waals surface area contributed by atoms with Gasteiger partial charge >= 0.3 is 0 Å². The van der Waals surface area contributed by atoms with Crippen LogP contribution < -0.4 is 16.0 Å². The average Bonchev–Trinajstić information content (AvgIpc) is 2.41. The highest BCUT2D eigenvalue weighted by Gasteiger charge is 2.21. The van der Waals surface area contributed by atoms with E-state index in [2.05, 4.69) is 14.9 Å². The van der Waals surface area contributed by atoms with Crippen LogP contribution in [0.15, 0.2) is 34.0 Å². The normalized spacial score (nSPS) is 11.4. The zero-order chi connectivity index (χ0) is 15.6. The number of sulfonamides is 1. The molecule has 0 spiro atoms. The Morgan fingerprint density at radius 2 is 1.95 bits per heavy atom. The van der Waals surface area contributed by atoms with Crippen molar-refractivity contribution in [1.82, 2.24) is 10.2 Å². The lowest BCUT2D eigenvalue weighted by Gasteiger charge is -2.11. The Balaban J connectivity index is 2.45. The van der Waals surface area contributed by atoms with Gasteiger partial charge in [-0.25, -0.2) is 13.5 Å². The van der Waals surface area contributed by atoms with Crippen LogP contribution in [0, 0.1) is 0 Å². The highest BCUT2D eigenvalue weighted by Crippen LogP contribution is 2.31. The molecule has 0 aliphatic heterocycles. The molecule has 0 saturated heterocycles. The maximum atomic E-state index is 12.3. The van der Waals surface area contributed by atoms with Gasteiger partial charge in [0.1, 0.15) is 4.90 Å². The number of nitrogens with one attached hydrogen (secondary N) is 2. The van der Waals surface area contributed by atoms with E-state index < -0.39 is 15.6 Å². The minimum atomic E-state index is -3.99.